The summed E-state index contributed by atoms with van der Waals surface area (Å²) in [5.74, 6) is 0.754. The van der Waals surface area contributed by atoms with Crippen LogP contribution in [0.4, 0.5) is 0 Å². The summed E-state index contributed by atoms with van der Waals surface area (Å²) in [5, 5.41) is 15.6. The standard InChI is InChI=1S/C10H17N3O2/c1-4-7-11-8(13-12-7)5-10(2,3)6-9(14)15/h4-6H2,1-3H3,(H,14,15)(H,11,12,13). The van der Waals surface area contributed by atoms with Gasteiger partial charge in [0.25, 0.3) is 0 Å². The van der Waals surface area contributed by atoms with Crippen molar-refractivity contribution in [2.75, 3.05) is 0 Å². The number of aliphatic carboxylic acids is 1. The Balaban J connectivity index is 2.63. The van der Waals surface area contributed by atoms with Gasteiger partial charge in [0.15, 0.2) is 0 Å². The van der Waals surface area contributed by atoms with Crippen molar-refractivity contribution >= 4 is 5.97 Å². The van der Waals surface area contributed by atoms with E-state index >= 15 is 0 Å². The van der Waals surface area contributed by atoms with Crippen LogP contribution in [-0.2, 0) is 17.6 Å². The number of nitrogens with one attached hydrogen (secondary N) is 1. The number of aryl methyl sites for hydroxylation is 1. The Morgan fingerprint density at radius 2 is 2.20 bits per heavy atom. The first-order chi connectivity index (χ1) is 6.93. The summed E-state index contributed by atoms with van der Waals surface area (Å²) in [7, 11) is 0. The van der Waals surface area contributed by atoms with Gasteiger partial charge in [-0.25, -0.2) is 4.98 Å². The molecule has 84 valence electrons. The van der Waals surface area contributed by atoms with Gasteiger partial charge >= 0.3 is 5.97 Å². The van der Waals surface area contributed by atoms with Gasteiger partial charge in [-0.3, -0.25) is 9.89 Å². The Hall–Kier alpha value is -1.39. The minimum Gasteiger partial charge on any atom is -0.481 e. The summed E-state index contributed by atoms with van der Waals surface area (Å²) in [4.78, 5) is 14.9. The maximum atomic E-state index is 10.6. The van der Waals surface area contributed by atoms with Crippen LogP contribution in [0.15, 0.2) is 0 Å². The van der Waals surface area contributed by atoms with Gasteiger partial charge in [-0.05, 0) is 5.41 Å². The van der Waals surface area contributed by atoms with E-state index < -0.39 is 5.97 Å². The SMILES string of the molecule is CCc1n[nH]c(CC(C)(C)CC(=O)O)n1. The second-order valence-electron chi connectivity index (χ2n) is 4.46. The van der Waals surface area contributed by atoms with Crippen molar-refractivity contribution in [3.8, 4) is 0 Å². The summed E-state index contributed by atoms with van der Waals surface area (Å²) in [5.41, 5.74) is -0.295. The highest BCUT2D eigenvalue weighted by Crippen LogP contribution is 2.24. The Morgan fingerprint density at radius 1 is 1.53 bits per heavy atom. The van der Waals surface area contributed by atoms with Gasteiger partial charge in [-0.2, -0.15) is 5.10 Å². The molecule has 15 heavy (non-hydrogen) atoms. The average molecular weight is 211 g/mol. The molecule has 0 aromatic carbocycles. The zero-order valence-corrected chi connectivity index (χ0v) is 9.37. The molecule has 5 nitrogen and oxygen atoms in total. The molecule has 0 aliphatic rings. The third kappa shape index (κ3) is 3.69. The van der Waals surface area contributed by atoms with Crippen LogP contribution >= 0.6 is 0 Å². The van der Waals surface area contributed by atoms with Crippen molar-refractivity contribution in [1.82, 2.24) is 15.2 Å². The summed E-state index contributed by atoms with van der Waals surface area (Å²) in [6.07, 6.45) is 1.53. The fourth-order valence-corrected chi connectivity index (χ4v) is 1.50. The molecular weight excluding hydrogens is 194 g/mol. The Bertz CT molecular complexity index is 344. The van der Waals surface area contributed by atoms with E-state index in [-0.39, 0.29) is 11.8 Å². The van der Waals surface area contributed by atoms with Crippen LogP contribution in [0.25, 0.3) is 0 Å². The van der Waals surface area contributed by atoms with Crippen LogP contribution in [0.1, 0.15) is 38.8 Å². The molecule has 0 aliphatic carbocycles. The molecule has 1 aromatic heterocycles. The predicted molar refractivity (Wildman–Crippen MR) is 55.5 cm³/mol. The maximum Gasteiger partial charge on any atom is 0.303 e. The molecule has 0 saturated heterocycles. The Labute approximate surface area is 88.9 Å². The average Bonchev–Trinajstić information content (AvgIpc) is 2.48. The Kier molecular flexibility index (Phi) is 3.44. The second-order valence-corrected chi connectivity index (χ2v) is 4.46. The monoisotopic (exact) mass is 211 g/mol. The highest BCUT2D eigenvalue weighted by Gasteiger charge is 2.23. The fraction of sp³-hybridized carbons (Fsp3) is 0.700. The summed E-state index contributed by atoms with van der Waals surface area (Å²) >= 11 is 0. The zero-order chi connectivity index (χ0) is 11.5. The van der Waals surface area contributed by atoms with Gasteiger partial charge in [-0.15, -0.1) is 0 Å². The van der Waals surface area contributed by atoms with Crippen LogP contribution in [0.2, 0.25) is 0 Å². The minimum absolute atomic E-state index is 0.134. The second kappa shape index (κ2) is 4.42. The van der Waals surface area contributed by atoms with Gasteiger partial charge in [-0.1, -0.05) is 20.8 Å². The lowest BCUT2D eigenvalue weighted by molar-refractivity contribution is -0.139. The molecule has 0 saturated carbocycles. The van der Waals surface area contributed by atoms with Crippen molar-refractivity contribution in [3.05, 3.63) is 11.6 Å². The molecule has 0 bridgehead atoms. The van der Waals surface area contributed by atoms with E-state index in [1.165, 1.54) is 0 Å². The first kappa shape index (κ1) is 11.7. The normalized spacial score (nSPS) is 11.7. The molecule has 5 heteroatoms. The molecule has 0 radical (unpaired) electrons. The third-order valence-electron chi connectivity index (χ3n) is 2.17. The van der Waals surface area contributed by atoms with Crippen molar-refractivity contribution < 1.29 is 9.90 Å². The van der Waals surface area contributed by atoms with Crippen LogP contribution < -0.4 is 0 Å². The number of carboxylic acid groups (broad SMARTS) is 1. The van der Waals surface area contributed by atoms with E-state index in [9.17, 15) is 4.79 Å². The van der Waals surface area contributed by atoms with Crippen LogP contribution in [0.3, 0.4) is 0 Å². The third-order valence-corrected chi connectivity index (χ3v) is 2.17. The van der Waals surface area contributed by atoms with Crippen molar-refractivity contribution in [1.29, 1.82) is 0 Å². The summed E-state index contributed by atoms with van der Waals surface area (Å²) in [6.45, 7) is 5.81. The molecular formula is C10H17N3O2. The maximum absolute atomic E-state index is 10.6. The number of hydrogen-bond donors (Lipinski definition) is 2. The Morgan fingerprint density at radius 3 is 2.67 bits per heavy atom. The topological polar surface area (TPSA) is 78.9 Å². The first-order valence-electron chi connectivity index (χ1n) is 5.05. The number of carboxylic acids is 1. The molecule has 0 aliphatic heterocycles. The minimum atomic E-state index is -0.782. The molecule has 0 spiro atoms. The van der Waals surface area contributed by atoms with Crippen LogP contribution in [-0.4, -0.2) is 26.3 Å². The molecule has 2 N–H and O–H groups in total. The van der Waals surface area contributed by atoms with E-state index in [1.807, 2.05) is 20.8 Å². The van der Waals surface area contributed by atoms with Crippen molar-refractivity contribution in [2.45, 2.75) is 40.0 Å². The summed E-state index contributed by atoms with van der Waals surface area (Å²) < 4.78 is 0. The zero-order valence-electron chi connectivity index (χ0n) is 9.37. The van der Waals surface area contributed by atoms with Crippen molar-refractivity contribution in [3.63, 3.8) is 0 Å². The predicted octanol–water partition coefficient (Wildman–Crippen LogP) is 1.41. The lowest BCUT2D eigenvalue weighted by Gasteiger charge is -2.20. The van der Waals surface area contributed by atoms with E-state index in [2.05, 4.69) is 15.2 Å². The molecule has 0 unspecified atom stereocenters. The van der Waals surface area contributed by atoms with Gasteiger partial charge in [0.1, 0.15) is 11.6 Å². The highest BCUT2D eigenvalue weighted by atomic mass is 16.4. The lowest BCUT2D eigenvalue weighted by Crippen LogP contribution is -2.20. The molecule has 1 aromatic rings. The van der Waals surface area contributed by atoms with Gasteiger partial charge in [0.05, 0.1) is 6.42 Å². The molecule has 0 fully saturated rings. The van der Waals surface area contributed by atoms with Gasteiger partial charge in [0.2, 0.25) is 0 Å². The van der Waals surface area contributed by atoms with Crippen LogP contribution in [0, 0.1) is 5.41 Å². The number of hydrogen-bond acceptors (Lipinski definition) is 3. The fourth-order valence-electron chi connectivity index (χ4n) is 1.50. The quantitative estimate of drug-likeness (QED) is 0.771. The number of nitrogens with zero attached hydrogens (tertiary/aromatic N) is 2. The van der Waals surface area contributed by atoms with Crippen molar-refractivity contribution in [2.24, 2.45) is 5.41 Å². The van der Waals surface area contributed by atoms with E-state index in [4.69, 9.17) is 5.11 Å². The number of H-pyrrole nitrogens is 1. The smallest absolute Gasteiger partial charge is 0.303 e. The highest BCUT2D eigenvalue weighted by molar-refractivity contribution is 5.67. The van der Waals surface area contributed by atoms with E-state index in [0.29, 0.717) is 6.42 Å². The molecule has 0 amide bonds. The molecule has 1 heterocycles. The van der Waals surface area contributed by atoms with E-state index in [0.717, 1.165) is 18.1 Å². The number of aromatic nitrogens is 3. The lowest BCUT2D eigenvalue weighted by atomic mass is 9.85. The van der Waals surface area contributed by atoms with Gasteiger partial charge in [0, 0.05) is 12.8 Å². The van der Waals surface area contributed by atoms with E-state index in [1.54, 1.807) is 0 Å². The largest absolute Gasteiger partial charge is 0.481 e. The molecule has 0 atom stereocenters. The summed E-state index contributed by atoms with van der Waals surface area (Å²) in [6, 6.07) is 0. The van der Waals surface area contributed by atoms with Crippen LogP contribution in [0.5, 0.6) is 0 Å². The van der Waals surface area contributed by atoms with Gasteiger partial charge < -0.3 is 5.11 Å². The number of carbonyl (C=O) groups is 1. The molecule has 1 rings (SSSR count). The number of aromatic amines is 1. The number of rotatable bonds is 5. The first-order valence-corrected chi connectivity index (χ1v) is 5.05.